The van der Waals surface area contributed by atoms with Crippen LogP contribution in [0, 0.1) is 0 Å². The molecule has 0 amide bonds. The van der Waals surface area contributed by atoms with Crippen molar-refractivity contribution in [2.45, 2.75) is 50.4 Å². The molecule has 100 valence electrons. The summed E-state index contributed by atoms with van der Waals surface area (Å²) in [6.07, 6.45) is 6.92. The van der Waals surface area contributed by atoms with Gasteiger partial charge in [0.25, 0.3) is 0 Å². The van der Waals surface area contributed by atoms with E-state index >= 15 is 0 Å². The van der Waals surface area contributed by atoms with Gasteiger partial charge in [-0.05, 0) is 45.2 Å². The highest BCUT2D eigenvalue weighted by atomic mass is 16.5. The van der Waals surface area contributed by atoms with Crippen molar-refractivity contribution in [2.24, 2.45) is 0 Å². The van der Waals surface area contributed by atoms with Gasteiger partial charge in [0, 0.05) is 19.7 Å². The number of methoxy groups -OCH3 is 1. The van der Waals surface area contributed by atoms with Gasteiger partial charge in [0.15, 0.2) is 0 Å². The Hall–Kier alpha value is -0.160. The smallest absolute Gasteiger partial charge is 0.0724 e. The minimum absolute atomic E-state index is 0.411. The maximum Gasteiger partial charge on any atom is 0.0724 e. The minimum atomic E-state index is 0.411. The summed E-state index contributed by atoms with van der Waals surface area (Å²) in [5, 5.41) is 6.91. The quantitative estimate of drug-likeness (QED) is 0.680. The van der Waals surface area contributed by atoms with E-state index < -0.39 is 0 Å². The summed E-state index contributed by atoms with van der Waals surface area (Å²) in [5.41, 5.74) is 0. The largest absolute Gasteiger partial charge is 0.380 e. The second-order valence-corrected chi connectivity index (χ2v) is 5.09. The summed E-state index contributed by atoms with van der Waals surface area (Å²) >= 11 is 0. The normalized spacial score (nSPS) is 30.9. The van der Waals surface area contributed by atoms with Crippen LogP contribution in [-0.2, 0) is 9.47 Å². The van der Waals surface area contributed by atoms with E-state index in [9.17, 15) is 0 Å². The second kappa shape index (κ2) is 7.31. The van der Waals surface area contributed by atoms with Gasteiger partial charge < -0.3 is 20.1 Å². The molecule has 1 saturated carbocycles. The molecule has 0 aromatic heterocycles. The maximum absolute atomic E-state index is 5.87. The van der Waals surface area contributed by atoms with E-state index in [0.717, 1.165) is 39.1 Å². The Labute approximate surface area is 104 Å². The molecule has 0 radical (unpaired) electrons. The zero-order valence-electron chi connectivity index (χ0n) is 10.9. The number of nitrogens with one attached hydrogen (secondary N) is 2. The Morgan fingerprint density at radius 3 is 2.76 bits per heavy atom. The third kappa shape index (κ3) is 4.21. The lowest BCUT2D eigenvalue weighted by molar-refractivity contribution is 0.0295. The van der Waals surface area contributed by atoms with Gasteiger partial charge in [0.05, 0.1) is 18.8 Å². The summed E-state index contributed by atoms with van der Waals surface area (Å²) < 4.78 is 11.3. The molecule has 0 aromatic rings. The summed E-state index contributed by atoms with van der Waals surface area (Å²) in [7, 11) is 1.82. The SMILES string of the molecule is COC1CCCC1NCCOC1CCNCC1. The number of hydrogen-bond donors (Lipinski definition) is 2. The monoisotopic (exact) mass is 242 g/mol. The first-order chi connectivity index (χ1) is 8.40. The van der Waals surface area contributed by atoms with Gasteiger partial charge in [0.1, 0.15) is 0 Å². The summed E-state index contributed by atoms with van der Waals surface area (Å²) in [4.78, 5) is 0. The Balaban J connectivity index is 1.53. The minimum Gasteiger partial charge on any atom is -0.380 e. The van der Waals surface area contributed by atoms with E-state index in [0.29, 0.717) is 18.2 Å². The molecular weight excluding hydrogens is 216 g/mol. The lowest BCUT2D eigenvalue weighted by atomic mass is 10.1. The lowest BCUT2D eigenvalue weighted by Crippen LogP contribution is -2.39. The summed E-state index contributed by atoms with van der Waals surface area (Å²) in [6.45, 7) is 3.99. The highest BCUT2D eigenvalue weighted by molar-refractivity contribution is 4.83. The van der Waals surface area contributed by atoms with Crippen molar-refractivity contribution in [3.63, 3.8) is 0 Å². The van der Waals surface area contributed by atoms with Crippen LogP contribution in [-0.4, -0.2) is 51.6 Å². The number of piperidine rings is 1. The van der Waals surface area contributed by atoms with Crippen LogP contribution in [0.25, 0.3) is 0 Å². The first kappa shape index (κ1) is 13.3. The Morgan fingerprint density at radius 2 is 2.00 bits per heavy atom. The van der Waals surface area contributed by atoms with Crippen LogP contribution >= 0.6 is 0 Å². The van der Waals surface area contributed by atoms with Crippen LogP contribution in [0.2, 0.25) is 0 Å². The standard InChI is InChI=1S/C13H26N2O2/c1-16-13-4-2-3-12(13)15-9-10-17-11-5-7-14-8-6-11/h11-15H,2-10H2,1H3. The molecule has 4 nitrogen and oxygen atoms in total. The van der Waals surface area contributed by atoms with E-state index in [-0.39, 0.29) is 0 Å². The zero-order valence-corrected chi connectivity index (χ0v) is 10.9. The molecule has 0 aromatic carbocycles. The first-order valence-electron chi connectivity index (χ1n) is 6.98. The fraction of sp³-hybridized carbons (Fsp3) is 1.00. The molecule has 1 aliphatic heterocycles. The molecule has 0 bridgehead atoms. The molecular formula is C13H26N2O2. The number of rotatable bonds is 6. The van der Waals surface area contributed by atoms with Crippen LogP contribution in [0.15, 0.2) is 0 Å². The van der Waals surface area contributed by atoms with Crippen molar-refractivity contribution in [1.29, 1.82) is 0 Å². The summed E-state index contributed by atoms with van der Waals surface area (Å²) in [6, 6.07) is 0.539. The third-order valence-corrected chi connectivity index (χ3v) is 3.90. The van der Waals surface area contributed by atoms with Crippen molar-refractivity contribution < 1.29 is 9.47 Å². The molecule has 2 aliphatic rings. The average molecular weight is 242 g/mol. The lowest BCUT2D eigenvalue weighted by Gasteiger charge is -2.24. The van der Waals surface area contributed by atoms with Crippen LogP contribution in [0.3, 0.4) is 0 Å². The van der Waals surface area contributed by atoms with E-state index in [1.165, 1.54) is 19.3 Å². The van der Waals surface area contributed by atoms with Crippen LogP contribution in [0.4, 0.5) is 0 Å². The Kier molecular flexibility index (Phi) is 5.71. The highest BCUT2D eigenvalue weighted by Crippen LogP contribution is 2.21. The van der Waals surface area contributed by atoms with E-state index in [4.69, 9.17) is 9.47 Å². The van der Waals surface area contributed by atoms with E-state index in [1.54, 1.807) is 0 Å². The van der Waals surface area contributed by atoms with Gasteiger partial charge >= 0.3 is 0 Å². The molecule has 17 heavy (non-hydrogen) atoms. The van der Waals surface area contributed by atoms with Crippen LogP contribution < -0.4 is 10.6 Å². The van der Waals surface area contributed by atoms with Crippen molar-refractivity contribution in [2.75, 3.05) is 33.4 Å². The Bertz CT molecular complexity index is 208. The molecule has 2 atom stereocenters. The number of hydrogen-bond acceptors (Lipinski definition) is 4. The van der Waals surface area contributed by atoms with Crippen LogP contribution in [0.1, 0.15) is 32.1 Å². The second-order valence-electron chi connectivity index (χ2n) is 5.09. The fourth-order valence-corrected chi connectivity index (χ4v) is 2.87. The highest BCUT2D eigenvalue weighted by Gasteiger charge is 2.26. The summed E-state index contributed by atoms with van der Waals surface area (Å²) in [5.74, 6) is 0. The van der Waals surface area contributed by atoms with E-state index in [1.807, 2.05) is 7.11 Å². The van der Waals surface area contributed by atoms with Gasteiger partial charge in [-0.15, -0.1) is 0 Å². The molecule has 2 fully saturated rings. The third-order valence-electron chi connectivity index (χ3n) is 3.90. The van der Waals surface area contributed by atoms with Crippen molar-refractivity contribution in [3.05, 3.63) is 0 Å². The zero-order chi connectivity index (χ0) is 11.9. The van der Waals surface area contributed by atoms with Gasteiger partial charge in [-0.25, -0.2) is 0 Å². The van der Waals surface area contributed by atoms with Gasteiger partial charge in [-0.3, -0.25) is 0 Å². The molecule has 0 spiro atoms. The molecule has 4 heteroatoms. The molecule has 2 N–H and O–H groups in total. The predicted molar refractivity (Wildman–Crippen MR) is 68.3 cm³/mol. The molecule has 1 heterocycles. The predicted octanol–water partition coefficient (Wildman–Crippen LogP) is 0.912. The maximum atomic E-state index is 5.87. The molecule has 1 aliphatic carbocycles. The van der Waals surface area contributed by atoms with Gasteiger partial charge in [-0.2, -0.15) is 0 Å². The van der Waals surface area contributed by atoms with Gasteiger partial charge in [0.2, 0.25) is 0 Å². The molecule has 2 unspecified atom stereocenters. The Morgan fingerprint density at radius 1 is 1.18 bits per heavy atom. The van der Waals surface area contributed by atoms with Crippen molar-refractivity contribution in [1.82, 2.24) is 10.6 Å². The molecule has 1 saturated heterocycles. The topological polar surface area (TPSA) is 42.5 Å². The van der Waals surface area contributed by atoms with E-state index in [2.05, 4.69) is 10.6 Å². The molecule has 2 rings (SSSR count). The fourth-order valence-electron chi connectivity index (χ4n) is 2.87. The van der Waals surface area contributed by atoms with Crippen molar-refractivity contribution >= 4 is 0 Å². The first-order valence-corrected chi connectivity index (χ1v) is 6.98. The van der Waals surface area contributed by atoms with Gasteiger partial charge in [-0.1, -0.05) is 0 Å². The number of ether oxygens (including phenoxy) is 2. The average Bonchev–Trinajstić information content (AvgIpc) is 2.83. The van der Waals surface area contributed by atoms with Crippen LogP contribution in [0.5, 0.6) is 0 Å². The van der Waals surface area contributed by atoms with Crippen molar-refractivity contribution in [3.8, 4) is 0 Å².